The van der Waals surface area contributed by atoms with E-state index in [0.717, 1.165) is 51.2 Å². The molecule has 3 aromatic rings. The zero-order valence-electron chi connectivity index (χ0n) is 16.6. The van der Waals surface area contributed by atoms with Gasteiger partial charge in [0.25, 0.3) is 0 Å². The van der Waals surface area contributed by atoms with Crippen LogP contribution in [-0.2, 0) is 21.0 Å². The fraction of sp³-hybridized carbons (Fsp3) is 0.182. The van der Waals surface area contributed by atoms with E-state index >= 15 is 0 Å². The first kappa shape index (κ1) is 20.8. The molecule has 5 nitrogen and oxygen atoms in total. The number of benzene rings is 2. The largest absolute Gasteiger partial charge is 0.341 e. The molecule has 2 heterocycles. The standard InChI is InChI=1S/C22H18N2O3S3/c1-4-24-18-7-5-14(10-20-21(26)30-22(28)29-20)9-16(18)17-11-15(6-8-19(17)24)12(2)23-27-13(3)25/h5-11H,4H2,1-3H3/b20-10-,23-12+. The van der Waals surface area contributed by atoms with Crippen LogP contribution in [0.4, 0.5) is 0 Å². The lowest BCUT2D eigenvalue weighted by atomic mass is 10.0. The van der Waals surface area contributed by atoms with Gasteiger partial charge >= 0.3 is 5.97 Å². The van der Waals surface area contributed by atoms with Gasteiger partial charge in [0.1, 0.15) is 3.53 Å². The number of carbonyl (C=O) groups is 2. The fourth-order valence-corrected chi connectivity index (χ4v) is 5.66. The highest BCUT2D eigenvalue weighted by atomic mass is 32.2. The van der Waals surface area contributed by atoms with Gasteiger partial charge in [-0.3, -0.25) is 4.79 Å². The highest BCUT2D eigenvalue weighted by Gasteiger charge is 2.24. The molecule has 0 amide bonds. The van der Waals surface area contributed by atoms with Crippen molar-refractivity contribution in [1.82, 2.24) is 4.57 Å². The summed E-state index contributed by atoms with van der Waals surface area (Å²) in [5.74, 6) is -0.451. The minimum atomic E-state index is -0.451. The van der Waals surface area contributed by atoms with E-state index in [-0.39, 0.29) is 5.12 Å². The molecule has 0 unspecified atom stereocenters. The second-order valence-electron chi connectivity index (χ2n) is 6.76. The zero-order chi connectivity index (χ0) is 21.4. The van der Waals surface area contributed by atoms with Gasteiger partial charge in [-0.15, -0.1) is 0 Å². The summed E-state index contributed by atoms with van der Waals surface area (Å²) < 4.78 is 2.90. The molecule has 0 aliphatic carbocycles. The zero-order valence-corrected chi connectivity index (χ0v) is 19.0. The Morgan fingerprint density at radius 1 is 1.13 bits per heavy atom. The van der Waals surface area contributed by atoms with E-state index in [1.54, 1.807) is 0 Å². The van der Waals surface area contributed by atoms with Crippen LogP contribution in [0.2, 0.25) is 0 Å². The summed E-state index contributed by atoms with van der Waals surface area (Å²) in [5.41, 5.74) is 4.70. The van der Waals surface area contributed by atoms with Gasteiger partial charge in [-0.25, -0.2) is 4.79 Å². The average molecular weight is 455 g/mol. The molecular formula is C22H18N2O3S3. The first-order valence-corrected chi connectivity index (χ1v) is 11.4. The molecule has 0 atom stereocenters. The molecule has 0 radical (unpaired) electrons. The second-order valence-corrected chi connectivity index (χ2v) is 9.98. The van der Waals surface area contributed by atoms with E-state index in [9.17, 15) is 9.59 Å². The van der Waals surface area contributed by atoms with Crippen molar-refractivity contribution in [3.8, 4) is 0 Å². The Morgan fingerprint density at radius 3 is 2.47 bits per heavy atom. The Morgan fingerprint density at radius 2 is 1.83 bits per heavy atom. The van der Waals surface area contributed by atoms with Crippen LogP contribution in [0.1, 0.15) is 31.9 Å². The number of thioether (sulfide) groups is 2. The van der Waals surface area contributed by atoms with Gasteiger partial charge in [0.2, 0.25) is 5.12 Å². The van der Waals surface area contributed by atoms with Crippen molar-refractivity contribution in [3.05, 3.63) is 52.4 Å². The van der Waals surface area contributed by atoms with Crippen molar-refractivity contribution in [1.29, 1.82) is 0 Å². The van der Waals surface area contributed by atoms with Gasteiger partial charge in [0, 0.05) is 35.3 Å². The van der Waals surface area contributed by atoms with Crippen molar-refractivity contribution in [2.24, 2.45) is 5.16 Å². The van der Waals surface area contributed by atoms with Crippen LogP contribution in [0.15, 0.2) is 46.5 Å². The molecule has 0 spiro atoms. The number of fused-ring (bicyclic) bond motifs is 3. The third-order valence-corrected chi connectivity index (χ3v) is 7.19. The molecule has 1 aromatic heterocycles. The molecule has 0 saturated carbocycles. The minimum Gasteiger partial charge on any atom is -0.341 e. The molecule has 1 saturated heterocycles. The summed E-state index contributed by atoms with van der Waals surface area (Å²) >= 11 is 7.60. The Balaban J connectivity index is 1.86. The Bertz CT molecular complexity index is 1290. The van der Waals surface area contributed by atoms with Gasteiger partial charge in [0.05, 0.1) is 10.6 Å². The predicted octanol–water partition coefficient (Wildman–Crippen LogP) is 5.73. The number of carbonyl (C=O) groups excluding carboxylic acids is 2. The van der Waals surface area contributed by atoms with Crippen molar-refractivity contribution < 1.29 is 14.4 Å². The van der Waals surface area contributed by atoms with Gasteiger partial charge in [-0.1, -0.05) is 41.3 Å². The molecule has 4 rings (SSSR count). The number of oxime groups is 1. The Kier molecular flexibility index (Phi) is 5.81. The van der Waals surface area contributed by atoms with Crippen LogP contribution < -0.4 is 0 Å². The first-order valence-electron chi connectivity index (χ1n) is 9.31. The number of thiocarbonyl (C=S) groups is 1. The number of hydrogen-bond donors (Lipinski definition) is 0. The Labute approximate surface area is 187 Å². The summed E-state index contributed by atoms with van der Waals surface area (Å²) in [6, 6.07) is 12.3. The summed E-state index contributed by atoms with van der Waals surface area (Å²) in [4.78, 5) is 28.6. The van der Waals surface area contributed by atoms with Crippen molar-refractivity contribution in [2.45, 2.75) is 27.3 Å². The van der Waals surface area contributed by atoms with Crippen molar-refractivity contribution >= 4 is 83.9 Å². The van der Waals surface area contributed by atoms with E-state index in [1.807, 2.05) is 25.1 Å². The molecule has 8 heteroatoms. The lowest BCUT2D eigenvalue weighted by Gasteiger charge is -2.04. The maximum absolute atomic E-state index is 12.1. The second kappa shape index (κ2) is 8.37. The summed E-state index contributed by atoms with van der Waals surface area (Å²) in [6.07, 6.45) is 1.89. The molecule has 0 N–H and O–H groups in total. The number of hydrogen-bond acceptors (Lipinski definition) is 7. The van der Waals surface area contributed by atoms with E-state index in [0.29, 0.717) is 14.1 Å². The lowest BCUT2D eigenvalue weighted by Crippen LogP contribution is -1.99. The van der Waals surface area contributed by atoms with E-state index in [4.69, 9.17) is 17.1 Å². The quantitative estimate of drug-likeness (QED) is 0.165. The molecule has 30 heavy (non-hydrogen) atoms. The summed E-state index contributed by atoms with van der Waals surface area (Å²) in [7, 11) is 0. The van der Waals surface area contributed by atoms with Gasteiger partial charge in [0.15, 0.2) is 0 Å². The van der Waals surface area contributed by atoms with Crippen molar-refractivity contribution in [3.63, 3.8) is 0 Å². The number of nitrogens with zero attached hydrogens (tertiary/aromatic N) is 2. The molecular weight excluding hydrogens is 436 g/mol. The molecule has 0 bridgehead atoms. The van der Waals surface area contributed by atoms with Crippen LogP contribution in [0.5, 0.6) is 0 Å². The molecule has 1 aliphatic rings. The monoisotopic (exact) mass is 454 g/mol. The van der Waals surface area contributed by atoms with Crippen LogP contribution >= 0.6 is 35.7 Å². The maximum atomic E-state index is 12.1. The topological polar surface area (TPSA) is 60.7 Å². The minimum absolute atomic E-state index is 0.000627. The highest BCUT2D eigenvalue weighted by molar-refractivity contribution is 8.57. The van der Waals surface area contributed by atoms with Crippen molar-refractivity contribution in [2.75, 3.05) is 0 Å². The van der Waals surface area contributed by atoms with Crippen LogP contribution in [-0.4, -0.2) is 24.9 Å². The SMILES string of the molecule is CCn1c2ccc(/C=C3\SC(=S)SC3=O)cc2c2cc(/C(C)=N/OC(C)=O)ccc21. The summed E-state index contributed by atoms with van der Waals surface area (Å²) in [6.45, 7) is 6.08. The normalized spacial score (nSPS) is 16.2. The third kappa shape index (κ3) is 3.95. The molecule has 1 fully saturated rings. The predicted molar refractivity (Wildman–Crippen MR) is 130 cm³/mol. The molecule has 152 valence electrons. The molecule has 1 aliphatic heterocycles. The smallest absolute Gasteiger partial charge is 0.331 e. The number of aromatic nitrogens is 1. The molecule has 2 aromatic carbocycles. The van der Waals surface area contributed by atoms with E-state index in [2.05, 4.69) is 40.9 Å². The third-order valence-electron chi connectivity index (χ3n) is 4.80. The van der Waals surface area contributed by atoms with Gasteiger partial charge in [-0.2, -0.15) is 0 Å². The fourth-order valence-electron chi connectivity index (χ4n) is 3.48. The number of aryl methyl sites for hydroxylation is 1. The first-order chi connectivity index (χ1) is 14.4. The Hall–Kier alpha value is -2.42. The average Bonchev–Trinajstić information content (AvgIpc) is 3.20. The maximum Gasteiger partial charge on any atom is 0.331 e. The van der Waals surface area contributed by atoms with E-state index < -0.39 is 5.97 Å². The van der Waals surface area contributed by atoms with E-state index in [1.165, 1.54) is 18.7 Å². The van der Waals surface area contributed by atoms with Crippen LogP contribution in [0, 0.1) is 0 Å². The van der Waals surface area contributed by atoms with Crippen LogP contribution in [0.25, 0.3) is 27.9 Å². The lowest BCUT2D eigenvalue weighted by molar-refractivity contribution is -0.140. The van der Waals surface area contributed by atoms with Gasteiger partial charge in [-0.05, 0) is 67.1 Å². The highest BCUT2D eigenvalue weighted by Crippen LogP contribution is 2.39. The summed E-state index contributed by atoms with van der Waals surface area (Å²) in [5, 5.41) is 6.08. The number of rotatable bonds is 4. The van der Waals surface area contributed by atoms with Gasteiger partial charge < -0.3 is 9.40 Å². The van der Waals surface area contributed by atoms with Crippen LogP contribution in [0.3, 0.4) is 0 Å².